The summed E-state index contributed by atoms with van der Waals surface area (Å²) in [6.45, 7) is 0. The lowest BCUT2D eigenvalue weighted by atomic mass is 10.1. The molecule has 63 heavy (non-hydrogen) atoms. The Bertz CT molecular complexity index is 3490. The zero-order valence-electron chi connectivity index (χ0n) is 34.1. The zero-order chi connectivity index (χ0) is 41.7. The third kappa shape index (κ3) is 6.03. The number of benzene rings is 9. The van der Waals surface area contributed by atoms with E-state index in [0.29, 0.717) is 17.5 Å². The van der Waals surface area contributed by atoms with E-state index in [9.17, 15) is 0 Å². The van der Waals surface area contributed by atoms with Crippen LogP contribution in [0.5, 0.6) is 0 Å². The highest BCUT2D eigenvalue weighted by molar-refractivity contribution is 7.19. The van der Waals surface area contributed by atoms with E-state index in [2.05, 4.69) is 205 Å². The molecule has 0 aliphatic carbocycles. The third-order valence-electron chi connectivity index (χ3n) is 12.4. The lowest BCUT2D eigenvalue weighted by Crippen LogP contribution is -2.74. The summed E-state index contributed by atoms with van der Waals surface area (Å²) in [5, 5.41) is 9.57. The summed E-state index contributed by atoms with van der Waals surface area (Å²) in [7, 11) is -2.85. The summed E-state index contributed by atoms with van der Waals surface area (Å²) in [6.07, 6.45) is 0. The van der Waals surface area contributed by atoms with Gasteiger partial charge in [0.15, 0.2) is 25.5 Å². The molecule has 0 spiro atoms. The van der Waals surface area contributed by atoms with Gasteiger partial charge in [-0.05, 0) is 57.1 Å². The van der Waals surface area contributed by atoms with Gasteiger partial charge in [0, 0.05) is 43.9 Å². The number of fused-ring (bicyclic) bond motifs is 6. The summed E-state index contributed by atoms with van der Waals surface area (Å²) in [5.74, 6) is 1.77. The maximum Gasteiger partial charge on any atom is 0.179 e. The quantitative estimate of drug-likeness (QED) is 0.113. The Labute approximate surface area is 365 Å². The van der Waals surface area contributed by atoms with E-state index < -0.39 is 8.07 Å². The SMILES string of the molecule is c1ccc([Si](c2ccccc2)(c2ccccc2)c2cccc(-c3nc(-c4cccc(-n5c6ccccc6c6ccccc65)c4)nc(-c4cccc5oc6ccccc6c45)n3)c2)cc1. The summed E-state index contributed by atoms with van der Waals surface area (Å²) < 4.78 is 8.71. The Morgan fingerprint density at radius 2 is 0.810 bits per heavy atom. The van der Waals surface area contributed by atoms with Crippen molar-refractivity contribution in [1.82, 2.24) is 19.5 Å². The van der Waals surface area contributed by atoms with Gasteiger partial charge in [0.1, 0.15) is 11.2 Å². The summed E-state index contributed by atoms with van der Waals surface area (Å²) in [4.78, 5) is 16.1. The maximum absolute atomic E-state index is 6.38. The molecule has 6 heteroatoms. The van der Waals surface area contributed by atoms with Gasteiger partial charge in [-0.15, -0.1) is 0 Å². The van der Waals surface area contributed by atoms with Crippen molar-refractivity contribution >= 4 is 72.6 Å². The smallest absolute Gasteiger partial charge is 0.179 e. The van der Waals surface area contributed by atoms with E-state index >= 15 is 0 Å². The predicted molar refractivity (Wildman–Crippen MR) is 261 cm³/mol. The fraction of sp³-hybridized carbons (Fsp3) is 0. The summed E-state index contributed by atoms with van der Waals surface area (Å²) >= 11 is 0. The first-order valence-electron chi connectivity index (χ1n) is 21.3. The van der Waals surface area contributed by atoms with Crippen molar-refractivity contribution < 1.29 is 4.42 Å². The van der Waals surface area contributed by atoms with Crippen LogP contribution in [0.4, 0.5) is 0 Å². The van der Waals surface area contributed by atoms with E-state index in [0.717, 1.165) is 55.3 Å². The topological polar surface area (TPSA) is 56.7 Å². The van der Waals surface area contributed by atoms with Gasteiger partial charge in [-0.1, -0.05) is 194 Å². The Morgan fingerprint density at radius 3 is 1.43 bits per heavy atom. The monoisotopic (exact) mass is 822 g/mol. The predicted octanol–water partition coefficient (Wildman–Crippen LogP) is 11.2. The van der Waals surface area contributed by atoms with Crippen molar-refractivity contribution in [2.75, 3.05) is 0 Å². The van der Waals surface area contributed by atoms with Gasteiger partial charge in [-0.25, -0.2) is 15.0 Å². The molecule has 3 aromatic heterocycles. The largest absolute Gasteiger partial charge is 0.456 e. The van der Waals surface area contributed by atoms with Gasteiger partial charge < -0.3 is 8.98 Å². The van der Waals surface area contributed by atoms with Crippen LogP contribution in [0.1, 0.15) is 0 Å². The number of aromatic nitrogens is 4. The van der Waals surface area contributed by atoms with E-state index in [-0.39, 0.29) is 0 Å². The summed E-state index contributed by atoms with van der Waals surface area (Å²) in [6, 6.07) is 81.9. The minimum absolute atomic E-state index is 0.581. The third-order valence-corrected chi connectivity index (χ3v) is 17.2. The first-order chi connectivity index (χ1) is 31.2. The number of rotatable bonds is 8. The molecule has 0 saturated carbocycles. The van der Waals surface area contributed by atoms with Crippen LogP contribution in [-0.2, 0) is 0 Å². The van der Waals surface area contributed by atoms with Crippen LogP contribution in [0.3, 0.4) is 0 Å². The molecule has 3 heterocycles. The van der Waals surface area contributed by atoms with Crippen LogP contribution in [0.15, 0.2) is 235 Å². The second-order valence-electron chi connectivity index (χ2n) is 15.9. The van der Waals surface area contributed by atoms with Crippen LogP contribution in [-0.4, -0.2) is 27.6 Å². The molecule has 0 aliphatic rings. The highest BCUT2D eigenvalue weighted by atomic mass is 28.3. The molecule has 0 unspecified atom stereocenters. The standard InChI is InChI=1S/C57H38N4OSi/c1-4-22-42(23-5-1)63(43-24-6-2-7-25-43,44-26-8-3-9-27-44)45-28-17-20-40(38-45)56-58-55(59-57(60-56)49-32-18-36-53-54(49)48-31-12-15-35-52(48)62-53)39-19-16-21-41(37-39)61-50-33-13-10-29-46(50)47-30-11-14-34-51(47)61/h1-38H. The minimum atomic E-state index is -2.85. The second kappa shape index (κ2) is 15.1. The minimum Gasteiger partial charge on any atom is -0.456 e. The number of nitrogens with zero attached hydrogens (tertiary/aromatic N) is 4. The summed E-state index contributed by atoms with van der Waals surface area (Å²) in [5.41, 5.74) is 7.63. The fourth-order valence-corrected chi connectivity index (χ4v) is 14.5. The number of hydrogen-bond acceptors (Lipinski definition) is 4. The number of para-hydroxylation sites is 3. The Hall–Kier alpha value is -8.19. The van der Waals surface area contributed by atoms with Gasteiger partial charge in [-0.2, -0.15) is 0 Å². The van der Waals surface area contributed by atoms with Crippen molar-refractivity contribution in [3.05, 3.63) is 231 Å². The highest BCUT2D eigenvalue weighted by Crippen LogP contribution is 2.37. The molecule has 0 saturated heterocycles. The van der Waals surface area contributed by atoms with Crippen LogP contribution in [0.25, 0.3) is 83.6 Å². The van der Waals surface area contributed by atoms with Crippen LogP contribution in [0.2, 0.25) is 0 Å². The van der Waals surface area contributed by atoms with Crippen LogP contribution in [0, 0.1) is 0 Å². The van der Waals surface area contributed by atoms with Crippen molar-refractivity contribution in [2.24, 2.45) is 0 Å². The maximum atomic E-state index is 6.38. The van der Waals surface area contributed by atoms with Crippen molar-refractivity contribution in [1.29, 1.82) is 0 Å². The fourth-order valence-electron chi connectivity index (χ4n) is 9.66. The number of hydrogen-bond donors (Lipinski definition) is 0. The van der Waals surface area contributed by atoms with Gasteiger partial charge >= 0.3 is 0 Å². The zero-order valence-corrected chi connectivity index (χ0v) is 35.1. The normalized spacial score (nSPS) is 11.8. The van der Waals surface area contributed by atoms with Gasteiger partial charge in [-0.3, -0.25) is 0 Å². The highest BCUT2D eigenvalue weighted by Gasteiger charge is 2.41. The second-order valence-corrected chi connectivity index (χ2v) is 19.7. The van der Waals surface area contributed by atoms with Crippen molar-refractivity contribution in [2.45, 2.75) is 0 Å². The Kier molecular flexibility index (Phi) is 8.76. The van der Waals surface area contributed by atoms with Gasteiger partial charge in [0.2, 0.25) is 0 Å². The van der Waals surface area contributed by atoms with Gasteiger partial charge in [0.05, 0.1) is 11.0 Å². The lowest BCUT2D eigenvalue weighted by molar-refractivity contribution is 0.669. The van der Waals surface area contributed by atoms with E-state index in [1.54, 1.807) is 0 Å². The molecular weight excluding hydrogens is 785 g/mol. The molecule has 296 valence electrons. The molecule has 0 amide bonds. The molecule has 9 aromatic carbocycles. The molecule has 0 fully saturated rings. The van der Waals surface area contributed by atoms with E-state index in [4.69, 9.17) is 19.4 Å². The van der Waals surface area contributed by atoms with Gasteiger partial charge in [0.25, 0.3) is 0 Å². The molecule has 12 rings (SSSR count). The molecule has 5 nitrogen and oxygen atoms in total. The van der Waals surface area contributed by atoms with E-state index in [1.807, 2.05) is 30.3 Å². The molecule has 0 radical (unpaired) electrons. The molecule has 0 bridgehead atoms. The first-order valence-corrected chi connectivity index (χ1v) is 23.3. The lowest BCUT2D eigenvalue weighted by Gasteiger charge is -2.34. The Morgan fingerprint density at radius 1 is 0.349 bits per heavy atom. The van der Waals surface area contributed by atoms with E-state index in [1.165, 1.54) is 31.5 Å². The van der Waals surface area contributed by atoms with Crippen LogP contribution >= 0.6 is 0 Å². The average Bonchev–Trinajstić information content (AvgIpc) is 3.92. The van der Waals surface area contributed by atoms with Crippen molar-refractivity contribution in [3.8, 4) is 39.9 Å². The molecule has 12 aromatic rings. The molecular formula is C57H38N4OSi. The first kappa shape index (κ1) is 36.6. The molecule has 0 N–H and O–H groups in total. The molecule has 0 aliphatic heterocycles. The average molecular weight is 823 g/mol. The Balaban J connectivity index is 1.10. The van der Waals surface area contributed by atoms with Crippen molar-refractivity contribution in [3.63, 3.8) is 0 Å². The molecule has 0 atom stereocenters. The number of furan rings is 1. The van der Waals surface area contributed by atoms with Crippen LogP contribution < -0.4 is 20.7 Å².